The van der Waals surface area contributed by atoms with E-state index in [0.717, 1.165) is 23.4 Å². The van der Waals surface area contributed by atoms with Gasteiger partial charge in [-0.2, -0.15) is 4.57 Å². The van der Waals surface area contributed by atoms with Gasteiger partial charge in [-0.05, 0) is 41.8 Å². The molecule has 0 fully saturated rings. The zero-order chi connectivity index (χ0) is 19.1. The van der Waals surface area contributed by atoms with Gasteiger partial charge in [0.2, 0.25) is 6.04 Å². The van der Waals surface area contributed by atoms with Gasteiger partial charge in [-0.1, -0.05) is 37.3 Å². The van der Waals surface area contributed by atoms with Gasteiger partial charge in [0.25, 0.3) is 5.91 Å². The summed E-state index contributed by atoms with van der Waals surface area (Å²) in [6.45, 7) is 4.52. The Morgan fingerprint density at radius 2 is 1.63 bits per heavy atom. The van der Waals surface area contributed by atoms with E-state index in [9.17, 15) is 4.79 Å². The number of ether oxygens (including phenoxy) is 1. The molecule has 0 radical (unpaired) electrons. The molecule has 3 aromatic rings. The molecule has 2 aromatic carbocycles. The van der Waals surface area contributed by atoms with Crippen LogP contribution in [0.5, 0.6) is 5.75 Å². The van der Waals surface area contributed by atoms with E-state index < -0.39 is 0 Å². The fourth-order valence-electron chi connectivity index (χ4n) is 2.72. The second kappa shape index (κ2) is 8.99. The van der Waals surface area contributed by atoms with Crippen molar-refractivity contribution in [1.82, 2.24) is 0 Å². The van der Waals surface area contributed by atoms with Crippen LogP contribution in [0.3, 0.4) is 0 Å². The first-order chi connectivity index (χ1) is 13.2. The molecule has 0 unspecified atom stereocenters. The first kappa shape index (κ1) is 18.6. The van der Waals surface area contributed by atoms with Crippen LogP contribution in [0.15, 0.2) is 79.1 Å². The van der Waals surface area contributed by atoms with Crippen LogP contribution in [0.1, 0.15) is 31.0 Å². The number of benzene rings is 2. The second-order valence-electron chi connectivity index (χ2n) is 6.47. The molecule has 0 spiro atoms. The smallest absolute Gasteiger partial charge is 0.293 e. The maximum Gasteiger partial charge on any atom is 0.293 e. The van der Waals surface area contributed by atoms with Crippen molar-refractivity contribution in [1.29, 1.82) is 0 Å². The van der Waals surface area contributed by atoms with Gasteiger partial charge in [-0.25, -0.2) is 0 Å². The highest BCUT2D eigenvalue weighted by atomic mass is 16.5. The van der Waals surface area contributed by atoms with Crippen LogP contribution in [-0.2, 0) is 17.8 Å². The van der Waals surface area contributed by atoms with E-state index in [4.69, 9.17) is 4.74 Å². The molecule has 0 saturated carbocycles. The molecule has 1 N–H and O–H groups in total. The maximum absolute atomic E-state index is 12.5. The summed E-state index contributed by atoms with van der Waals surface area (Å²) >= 11 is 0. The largest absolute Gasteiger partial charge is 0.489 e. The molecule has 138 valence electrons. The Hall–Kier alpha value is -3.14. The molecule has 0 aliphatic rings. The number of nitrogens with one attached hydrogen (secondary N) is 1. The Kier molecular flexibility index (Phi) is 6.21. The number of carbonyl (C=O) groups excluding carboxylic acids is 1. The van der Waals surface area contributed by atoms with Crippen LogP contribution in [0.25, 0.3) is 0 Å². The molecular weight excluding hydrogens is 336 g/mol. The summed E-state index contributed by atoms with van der Waals surface area (Å²) in [7, 11) is 0. The van der Waals surface area contributed by atoms with Gasteiger partial charge < -0.3 is 10.1 Å². The van der Waals surface area contributed by atoms with Gasteiger partial charge in [0, 0.05) is 24.7 Å². The Bertz CT molecular complexity index is 859. The lowest BCUT2D eigenvalue weighted by Gasteiger charge is -2.10. The Morgan fingerprint density at radius 3 is 2.26 bits per heavy atom. The molecule has 4 nitrogen and oxygen atoms in total. The molecule has 0 bridgehead atoms. The van der Waals surface area contributed by atoms with E-state index in [1.807, 2.05) is 90.6 Å². The van der Waals surface area contributed by atoms with Crippen molar-refractivity contribution < 1.29 is 14.1 Å². The van der Waals surface area contributed by atoms with Crippen molar-refractivity contribution in [2.45, 2.75) is 32.9 Å². The number of aryl methyl sites for hydroxylation is 1. The monoisotopic (exact) mass is 361 g/mol. The third kappa shape index (κ3) is 5.17. The van der Waals surface area contributed by atoms with E-state index in [1.54, 1.807) is 0 Å². The van der Waals surface area contributed by atoms with Crippen LogP contribution in [-0.4, -0.2) is 5.91 Å². The zero-order valence-electron chi connectivity index (χ0n) is 15.8. The van der Waals surface area contributed by atoms with Crippen LogP contribution < -0.4 is 14.6 Å². The van der Waals surface area contributed by atoms with E-state index in [-0.39, 0.29) is 11.9 Å². The van der Waals surface area contributed by atoms with Gasteiger partial charge in [0.15, 0.2) is 12.4 Å². The van der Waals surface area contributed by atoms with Gasteiger partial charge in [0.05, 0.1) is 0 Å². The summed E-state index contributed by atoms with van der Waals surface area (Å²) in [5, 5.41) is 2.95. The highest BCUT2D eigenvalue weighted by Gasteiger charge is 2.21. The van der Waals surface area contributed by atoms with Gasteiger partial charge >= 0.3 is 0 Å². The van der Waals surface area contributed by atoms with Gasteiger partial charge in [-0.3, -0.25) is 4.79 Å². The number of hydrogen-bond donors (Lipinski definition) is 1. The number of nitrogens with zero attached hydrogens (tertiary/aromatic N) is 1. The SMILES string of the molecule is CCc1cc[n+]([C@H](C)C(=O)Nc2ccc(OCc3ccccc3)cc2)cc1. The van der Waals surface area contributed by atoms with Crippen molar-refractivity contribution in [3.63, 3.8) is 0 Å². The standard InChI is InChI=1S/C23H24N2O2/c1-3-19-13-15-25(16-14-19)18(2)23(26)24-21-9-11-22(12-10-21)27-17-20-7-5-4-6-8-20/h4-16,18H,3,17H2,1-2H3/p+1/t18-/m1/s1. The molecule has 3 rings (SSSR count). The number of rotatable bonds is 7. The minimum absolute atomic E-state index is 0.0535. The summed E-state index contributed by atoms with van der Waals surface area (Å²) in [6, 6.07) is 21.3. The fourth-order valence-corrected chi connectivity index (χ4v) is 2.72. The lowest BCUT2D eigenvalue weighted by Crippen LogP contribution is -2.44. The van der Waals surface area contributed by atoms with Crippen LogP contribution >= 0.6 is 0 Å². The summed E-state index contributed by atoms with van der Waals surface area (Å²) in [4.78, 5) is 12.5. The highest BCUT2D eigenvalue weighted by molar-refractivity contribution is 5.92. The fraction of sp³-hybridized carbons (Fsp3) is 0.217. The molecule has 27 heavy (non-hydrogen) atoms. The van der Waals surface area contributed by atoms with Crippen molar-refractivity contribution in [2.75, 3.05) is 5.32 Å². The molecule has 0 aliphatic heterocycles. The number of carbonyl (C=O) groups is 1. The van der Waals surface area contributed by atoms with Crippen LogP contribution in [0.4, 0.5) is 5.69 Å². The average molecular weight is 361 g/mol. The minimum atomic E-state index is -0.287. The van der Waals surface area contributed by atoms with Gasteiger partial charge in [-0.15, -0.1) is 0 Å². The van der Waals surface area contributed by atoms with Crippen LogP contribution in [0.2, 0.25) is 0 Å². The van der Waals surface area contributed by atoms with Gasteiger partial charge in [0.1, 0.15) is 12.4 Å². The Labute approximate surface area is 160 Å². The van der Waals surface area contributed by atoms with Crippen molar-refractivity contribution in [2.24, 2.45) is 0 Å². The maximum atomic E-state index is 12.5. The number of aromatic nitrogens is 1. The molecule has 1 amide bonds. The van der Waals surface area contributed by atoms with Crippen LogP contribution in [0, 0.1) is 0 Å². The predicted octanol–water partition coefficient (Wildman–Crippen LogP) is 4.32. The molecule has 1 aromatic heterocycles. The summed E-state index contributed by atoms with van der Waals surface area (Å²) < 4.78 is 7.68. The third-order valence-corrected chi connectivity index (χ3v) is 4.53. The molecule has 1 atom stereocenters. The highest BCUT2D eigenvalue weighted by Crippen LogP contribution is 2.17. The summed E-state index contributed by atoms with van der Waals surface area (Å²) in [6.07, 6.45) is 4.88. The lowest BCUT2D eigenvalue weighted by molar-refractivity contribution is -0.705. The van der Waals surface area contributed by atoms with Crippen molar-refractivity contribution in [3.05, 3.63) is 90.3 Å². The molecule has 0 saturated heterocycles. The molecule has 4 heteroatoms. The average Bonchev–Trinajstić information content (AvgIpc) is 2.73. The normalized spacial score (nSPS) is 11.6. The molecular formula is C23H25N2O2+. The number of hydrogen-bond acceptors (Lipinski definition) is 2. The minimum Gasteiger partial charge on any atom is -0.489 e. The predicted molar refractivity (Wildman–Crippen MR) is 107 cm³/mol. The van der Waals surface area contributed by atoms with Crippen molar-refractivity contribution in [3.8, 4) is 5.75 Å². The number of anilines is 1. The summed E-state index contributed by atoms with van der Waals surface area (Å²) in [5.41, 5.74) is 3.13. The first-order valence-electron chi connectivity index (χ1n) is 9.23. The van der Waals surface area contributed by atoms with E-state index in [0.29, 0.717) is 6.61 Å². The topological polar surface area (TPSA) is 42.2 Å². The quantitative estimate of drug-likeness (QED) is 0.637. The van der Waals surface area contributed by atoms with Crippen molar-refractivity contribution >= 4 is 11.6 Å². The van der Waals surface area contributed by atoms with E-state index in [2.05, 4.69) is 12.2 Å². The molecule has 0 aliphatic carbocycles. The van der Waals surface area contributed by atoms with E-state index in [1.165, 1.54) is 5.56 Å². The third-order valence-electron chi connectivity index (χ3n) is 4.53. The second-order valence-corrected chi connectivity index (χ2v) is 6.47. The Balaban J connectivity index is 1.55. The Morgan fingerprint density at radius 1 is 0.963 bits per heavy atom. The number of amides is 1. The molecule has 1 heterocycles. The van der Waals surface area contributed by atoms with E-state index >= 15 is 0 Å². The lowest BCUT2D eigenvalue weighted by atomic mass is 10.2. The number of pyridine rings is 1. The zero-order valence-corrected chi connectivity index (χ0v) is 15.8. The summed E-state index contributed by atoms with van der Waals surface area (Å²) in [5.74, 6) is 0.719. The first-order valence-corrected chi connectivity index (χ1v) is 9.23.